The van der Waals surface area contributed by atoms with E-state index in [0.717, 1.165) is 5.75 Å². The fraction of sp³-hybridized carbons (Fsp3) is 0.278. The summed E-state index contributed by atoms with van der Waals surface area (Å²) < 4.78 is 0. The van der Waals surface area contributed by atoms with Crippen molar-refractivity contribution in [3.63, 3.8) is 0 Å². The Morgan fingerprint density at radius 2 is 1.73 bits per heavy atom. The summed E-state index contributed by atoms with van der Waals surface area (Å²) in [5.41, 5.74) is 7.83. The molecule has 2 rings (SSSR count). The van der Waals surface area contributed by atoms with Crippen molar-refractivity contribution >= 4 is 17.7 Å². The summed E-state index contributed by atoms with van der Waals surface area (Å²) in [4.78, 5) is 14.4. The average Bonchev–Trinajstić information content (AvgIpc) is 2.54. The lowest BCUT2D eigenvalue weighted by Gasteiger charge is -2.21. The van der Waals surface area contributed by atoms with E-state index in [9.17, 15) is 4.79 Å². The Labute approximate surface area is 136 Å². The van der Waals surface area contributed by atoms with Gasteiger partial charge in [-0.1, -0.05) is 42.5 Å². The molecule has 3 nitrogen and oxygen atoms in total. The fourth-order valence-electron chi connectivity index (χ4n) is 2.07. The molecule has 1 amide bonds. The number of hydrogen-bond acceptors (Lipinski definition) is 3. The zero-order valence-corrected chi connectivity index (χ0v) is 13.8. The minimum Gasteiger partial charge on any atom is -0.368 e. The van der Waals surface area contributed by atoms with E-state index >= 15 is 0 Å². The third-order valence-corrected chi connectivity index (χ3v) is 4.76. The monoisotopic (exact) mass is 314 g/mol. The highest BCUT2D eigenvalue weighted by Gasteiger charge is 2.14. The van der Waals surface area contributed by atoms with Crippen molar-refractivity contribution in [2.24, 2.45) is 5.73 Å². The van der Waals surface area contributed by atoms with Crippen LogP contribution in [0.1, 0.15) is 18.1 Å². The van der Waals surface area contributed by atoms with Gasteiger partial charge in [-0.15, -0.1) is 11.8 Å². The maximum atomic E-state index is 11.2. The molecule has 0 fully saturated rings. The van der Waals surface area contributed by atoms with E-state index < -0.39 is 0 Å². The summed E-state index contributed by atoms with van der Waals surface area (Å²) in [6.07, 6.45) is 0. The van der Waals surface area contributed by atoms with Gasteiger partial charge in [0.05, 0.1) is 6.04 Å². The van der Waals surface area contributed by atoms with Gasteiger partial charge in [0.15, 0.2) is 0 Å². The van der Waals surface area contributed by atoms with Crippen LogP contribution in [0.2, 0.25) is 0 Å². The van der Waals surface area contributed by atoms with E-state index in [2.05, 4.69) is 48.5 Å². The predicted octanol–water partition coefficient (Wildman–Crippen LogP) is 3.28. The molecule has 116 valence electrons. The number of likely N-dealkylation sites (N-methyl/N-ethyl adjacent to an activating group) is 1. The zero-order valence-electron chi connectivity index (χ0n) is 13.0. The van der Waals surface area contributed by atoms with Gasteiger partial charge in [-0.25, -0.2) is 0 Å². The van der Waals surface area contributed by atoms with Crippen LogP contribution in [-0.2, 0) is 17.1 Å². The Morgan fingerprint density at radius 3 is 2.32 bits per heavy atom. The Morgan fingerprint density at radius 1 is 1.09 bits per heavy atom. The Bertz CT molecular complexity index is 598. The van der Waals surface area contributed by atoms with E-state index in [1.54, 1.807) is 0 Å². The van der Waals surface area contributed by atoms with Gasteiger partial charge >= 0.3 is 0 Å². The molecule has 0 aromatic heterocycles. The molecule has 2 aromatic rings. The third-order valence-electron chi connectivity index (χ3n) is 3.68. The maximum Gasteiger partial charge on any atom is 0.234 e. The van der Waals surface area contributed by atoms with E-state index in [1.165, 1.54) is 16.0 Å². The first-order chi connectivity index (χ1) is 10.6. The van der Waals surface area contributed by atoms with Crippen molar-refractivity contribution in [1.29, 1.82) is 0 Å². The third kappa shape index (κ3) is 4.90. The molecular weight excluding hydrogens is 292 g/mol. The van der Waals surface area contributed by atoms with Crippen LogP contribution in [0.4, 0.5) is 0 Å². The van der Waals surface area contributed by atoms with Crippen molar-refractivity contribution in [1.82, 2.24) is 4.90 Å². The highest BCUT2D eigenvalue weighted by molar-refractivity contribution is 7.98. The molecule has 1 atom stereocenters. The first kappa shape index (κ1) is 16.6. The second kappa shape index (κ2) is 8.01. The minimum atomic E-state index is -0.294. The summed E-state index contributed by atoms with van der Waals surface area (Å²) in [6, 6.07) is 18.7. The van der Waals surface area contributed by atoms with Gasteiger partial charge in [-0.05, 0) is 37.2 Å². The quantitative estimate of drug-likeness (QED) is 0.798. The first-order valence-electron chi connectivity index (χ1n) is 7.31. The predicted molar refractivity (Wildman–Crippen MR) is 92.6 cm³/mol. The Balaban J connectivity index is 1.89. The smallest absolute Gasteiger partial charge is 0.234 e. The molecule has 0 aliphatic carbocycles. The van der Waals surface area contributed by atoms with Gasteiger partial charge in [0, 0.05) is 17.2 Å². The normalized spacial score (nSPS) is 12.3. The molecule has 2 aromatic carbocycles. The molecular formula is C18H22N2OS. The fourth-order valence-corrected chi connectivity index (χ4v) is 2.93. The van der Waals surface area contributed by atoms with Gasteiger partial charge in [0.1, 0.15) is 0 Å². The van der Waals surface area contributed by atoms with Crippen LogP contribution in [0.5, 0.6) is 0 Å². The van der Waals surface area contributed by atoms with Crippen molar-refractivity contribution in [2.75, 3.05) is 7.05 Å². The van der Waals surface area contributed by atoms with Crippen molar-refractivity contribution in [3.05, 3.63) is 65.7 Å². The average molecular weight is 314 g/mol. The van der Waals surface area contributed by atoms with Crippen LogP contribution in [-0.4, -0.2) is 23.9 Å². The molecule has 0 saturated carbocycles. The number of nitrogens with two attached hydrogens (primary N) is 1. The van der Waals surface area contributed by atoms with E-state index in [1.807, 2.05) is 36.7 Å². The largest absolute Gasteiger partial charge is 0.368 e. The lowest BCUT2D eigenvalue weighted by atomic mass is 10.2. The zero-order chi connectivity index (χ0) is 15.9. The van der Waals surface area contributed by atoms with E-state index in [0.29, 0.717) is 6.54 Å². The van der Waals surface area contributed by atoms with Crippen molar-refractivity contribution in [2.45, 2.75) is 30.2 Å². The lowest BCUT2D eigenvalue weighted by molar-refractivity contribution is -0.122. The number of primary amides is 1. The number of hydrogen-bond donors (Lipinski definition) is 1. The maximum absolute atomic E-state index is 11.2. The van der Waals surface area contributed by atoms with Crippen LogP contribution < -0.4 is 5.73 Å². The first-order valence-corrected chi connectivity index (χ1v) is 8.30. The van der Waals surface area contributed by atoms with E-state index in [-0.39, 0.29) is 11.9 Å². The molecule has 0 bridgehead atoms. The van der Waals surface area contributed by atoms with Crippen molar-refractivity contribution < 1.29 is 4.79 Å². The molecule has 0 saturated heterocycles. The number of nitrogens with zero attached hydrogens (tertiary/aromatic N) is 1. The molecule has 0 heterocycles. The summed E-state index contributed by atoms with van der Waals surface area (Å²) in [6.45, 7) is 2.54. The second-order valence-corrected chi connectivity index (χ2v) is 6.46. The molecule has 0 aliphatic heterocycles. The molecule has 4 heteroatoms. The van der Waals surface area contributed by atoms with E-state index in [4.69, 9.17) is 5.73 Å². The summed E-state index contributed by atoms with van der Waals surface area (Å²) in [5.74, 6) is 0.677. The van der Waals surface area contributed by atoms with Gasteiger partial charge in [0.25, 0.3) is 0 Å². The molecule has 1 unspecified atom stereocenters. The number of benzene rings is 2. The highest BCUT2D eigenvalue weighted by Crippen LogP contribution is 2.23. The van der Waals surface area contributed by atoms with Crippen LogP contribution in [0.15, 0.2) is 59.5 Å². The number of amides is 1. The van der Waals surface area contributed by atoms with Crippen LogP contribution in [0.25, 0.3) is 0 Å². The van der Waals surface area contributed by atoms with Crippen molar-refractivity contribution in [3.8, 4) is 0 Å². The standard InChI is InChI=1S/C18H22N2OS/c1-14(18(19)21)20(2)12-15-8-10-17(11-9-15)22-13-16-6-4-3-5-7-16/h3-11,14H,12-13H2,1-2H3,(H2,19,21). The van der Waals surface area contributed by atoms with Gasteiger partial charge in [-0.3, -0.25) is 9.69 Å². The molecule has 0 aliphatic rings. The topological polar surface area (TPSA) is 46.3 Å². The molecule has 0 radical (unpaired) electrons. The minimum absolute atomic E-state index is 0.257. The number of thioether (sulfide) groups is 1. The Kier molecular flexibility index (Phi) is 6.04. The van der Waals surface area contributed by atoms with Crippen LogP contribution in [0.3, 0.4) is 0 Å². The Hall–Kier alpha value is -1.78. The molecule has 2 N–H and O–H groups in total. The summed E-state index contributed by atoms with van der Waals surface area (Å²) in [5, 5.41) is 0. The van der Waals surface area contributed by atoms with Gasteiger partial charge in [-0.2, -0.15) is 0 Å². The van der Waals surface area contributed by atoms with Crippen LogP contribution >= 0.6 is 11.8 Å². The summed E-state index contributed by atoms with van der Waals surface area (Å²) >= 11 is 1.82. The molecule has 22 heavy (non-hydrogen) atoms. The number of rotatable bonds is 7. The lowest BCUT2D eigenvalue weighted by Crippen LogP contribution is -2.39. The van der Waals surface area contributed by atoms with Gasteiger partial charge in [0.2, 0.25) is 5.91 Å². The second-order valence-electron chi connectivity index (χ2n) is 5.41. The SMILES string of the molecule is CC(C(N)=O)N(C)Cc1ccc(SCc2ccccc2)cc1. The number of carbonyl (C=O) groups is 1. The number of carbonyl (C=O) groups excluding carboxylic acids is 1. The van der Waals surface area contributed by atoms with Gasteiger partial charge < -0.3 is 5.73 Å². The highest BCUT2D eigenvalue weighted by atomic mass is 32.2. The molecule has 0 spiro atoms. The summed E-state index contributed by atoms with van der Waals surface area (Å²) in [7, 11) is 1.91. The van der Waals surface area contributed by atoms with Crippen LogP contribution in [0, 0.1) is 0 Å².